The van der Waals surface area contributed by atoms with Gasteiger partial charge in [-0.25, -0.2) is 0 Å². The van der Waals surface area contributed by atoms with Gasteiger partial charge in [0.2, 0.25) is 0 Å². The summed E-state index contributed by atoms with van der Waals surface area (Å²) in [5.74, 6) is 0.112. The minimum absolute atomic E-state index is 0.112. The summed E-state index contributed by atoms with van der Waals surface area (Å²) in [6.07, 6.45) is 3.41. The van der Waals surface area contributed by atoms with E-state index in [0.717, 1.165) is 23.9 Å². The molecule has 114 valence electrons. The molecule has 1 aliphatic heterocycles. The zero-order valence-corrected chi connectivity index (χ0v) is 14.5. The normalized spacial score (nSPS) is 30.5. The van der Waals surface area contributed by atoms with Gasteiger partial charge in [-0.15, -0.1) is 0 Å². The van der Waals surface area contributed by atoms with Crippen LogP contribution in [0.4, 0.5) is 5.69 Å². The van der Waals surface area contributed by atoms with Crippen molar-refractivity contribution in [1.82, 2.24) is 4.90 Å². The van der Waals surface area contributed by atoms with Gasteiger partial charge in [0.15, 0.2) is 0 Å². The summed E-state index contributed by atoms with van der Waals surface area (Å²) in [6, 6.07) is 5.88. The predicted octanol–water partition coefficient (Wildman–Crippen LogP) is 4.07. The number of hydrogen-bond acceptors (Lipinski definition) is 2. The van der Waals surface area contributed by atoms with E-state index in [9.17, 15) is 4.79 Å². The highest BCUT2D eigenvalue weighted by atomic mass is 79.9. The van der Waals surface area contributed by atoms with Crippen molar-refractivity contribution in [2.24, 2.45) is 10.8 Å². The van der Waals surface area contributed by atoms with E-state index in [4.69, 9.17) is 5.73 Å². The van der Waals surface area contributed by atoms with E-state index in [1.807, 2.05) is 18.2 Å². The number of amides is 1. The Balaban J connectivity index is 1.92. The molecule has 2 fully saturated rings. The number of benzene rings is 1. The van der Waals surface area contributed by atoms with Crippen LogP contribution in [0.15, 0.2) is 22.7 Å². The van der Waals surface area contributed by atoms with E-state index in [2.05, 4.69) is 41.6 Å². The lowest BCUT2D eigenvalue weighted by Crippen LogP contribution is -2.37. The van der Waals surface area contributed by atoms with Crippen LogP contribution in [0.2, 0.25) is 0 Å². The van der Waals surface area contributed by atoms with Gasteiger partial charge < -0.3 is 10.6 Å². The molecule has 1 aromatic rings. The monoisotopic (exact) mass is 350 g/mol. The van der Waals surface area contributed by atoms with Crippen LogP contribution in [0, 0.1) is 10.8 Å². The van der Waals surface area contributed by atoms with Crippen LogP contribution in [0.25, 0.3) is 0 Å². The molecule has 1 heterocycles. The highest BCUT2D eigenvalue weighted by Gasteiger charge is 2.51. The standard InChI is InChI=1S/C17H23BrN2O/c1-16(2)7-11-8-17(3,9-16)10-20(11)15(21)12-5-4-6-13(19)14(12)18/h4-6,11H,7-10,19H2,1-3H3. The molecule has 1 saturated heterocycles. The predicted molar refractivity (Wildman–Crippen MR) is 89.1 cm³/mol. The Morgan fingerprint density at radius 2 is 2.05 bits per heavy atom. The van der Waals surface area contributed by atoms with Crippen molar-refractivity contribution < 1.29 is 4.79 Å². The Morgan fingerprint density at radius 1 is 1.33 bits per heavy atom. The van der Waals surface area contributed by atoms with Crippen molar-refractivity contribution in [3.8, 4) is 0 Å². The number of halogens is 1. The Morgan fingerprint density at radius 3 is 2.76 bits per heavy atom. The molecular formula is C17H23BrN2O. The summed E-state index contributed by atoms with van der Waals surface area (Å²) in [4.78, 5) is 15.0. The van der Waals surface area contributed by atoms with E-state index >= 15 is 0 Å². The van der Waals surface area contributed by atoms with Gasteiger partial charge in [0.1, 0.15) is 0 Å². The number of nitrogens with two attached hydrogens (primary N) is 1. The summed E-state index contributed by atoms with van der Waals surface area (Å²) >= 11 is 3.46. The van der Waals surface area contributed by atoms with Gasteiger partial charge in [-0.3, -0.25) is 4.79 Å². The van der Waals surface area contributed by atoms with Crippen LogP contribution in [0.1, 0.15) is 50.4 Å². The van der Waals surface area contributed by atoms with Crippen molar-refractivity contribution in [3.63, 3.8) is 0 Å². The fourth-order valence-electron chi connectivity index (χ4n) is 4.57. The highest BCUT2D eigenvalue weighted by molar-refractivity contribution is 9.10. The third-order valence-electron chi connectivity index (χ3n) is 4.93. The van der Waals surface area contributed by atoms with Gasteiger partial charge >= 0.3 is 0 Å². The van der Waals surface area contributed by atoms with E-state index in [1.54, 1.807) is 0 Å². The molecule has 0 radical (unpaired) electrons. The minimum atomic E-state index is 0.112. The van der Waals surface area contributed by atoms with Gasteiger partial charge in [-0.2, -0.15) is 0 Å². The number of anilines is 1. The van der Waals surface area contributed by atoms with Crippen molar-refractivity contribution in [2.45, 2.75) is 46.1 Å². The zero-order chi connectivity index (χ0) is 15.4. The summed E-state index contributed by atoms with van der Waals surface area (Å²) < 4.78 is 0.723. The summed E-state index contributed by atoms with van der Waals surface area (Å²) in [5, 5.41) is 0. The first-order chi connectivity index (χ1) is 9.71. The Hall–Kier alpha value is -1.03. The lowest BCUT2D eigenvalue weighted by molar-refractivity contribution is 0.0707. The van der Waals surface area contributed by atoms with Gasteiger partial charge in [-0.05, 0) is 58.2 Å². The molecule has 2 bridgehead atoms. The van der Waals surface area contributed by atoms with E-state index in [0.29, 0.717) is 22.7 Å². The fraction of sp³-hybridized carbons (Fsp3) is 0.588. The van der Waals surface area contributed by atoms with Crippen molar-refractivity contribution >= 4 is 27.5 Å². The number of rotatable bonds is 1. The molecule has 1 aromatic carbocycles. The number of nitrogens with zero attached hydrogens (tertiary/aromatic N) is 1. The molecule has 2 atom stereocenters. The molecule has 3 rings (SSSR count). The molecule has 1 aliphatic carbocycles. The van der Waals surface area contributed by atoms with Crippen LogP contribution in [-0.4, -0.2) is 23.4 Å². The lowest BCUT2D eigenvalue weighted by Gasteiger charge is -2.39. The molecule has 21 heavy (non-hydrogen) atoms. The first-order valence-corrected chi connectivity index (χ1v) is 8.35. The molecule has 1 amide bonds. The smallest absolute Gasteiger partial charge is 0.255 e. The van der Waals surface area contributed by atoms with Gasteiger partial charge in [-0.1, -0.05) is 26.8 Å². The van der Waals surface area contributed by atoms with Crippen molar-refractivity contribution in [1.29, 1.82) is 0 Å². The Bertz CT molecular complexity index is 598. The first kappa shape index (κ1) is 14.9. The Kier molecular flexibility index (Phi) is 3.36. The second-order valence-electron chi connectivity index (χ2n) is 7.86. The number of fused-ring (bicyclic) bond motifs is 2. The number of carbonyl (C=O) groups is 1. The molecule has 4 heteroatoms. The second kappa shape index (κ2) is 4.73. The van der Waals surface area contributed by atoms with Crippen LogP contribution >= 0.6 is 15.9 Å². The largest absolute Gasteiger partial charge is 0.398 e. The molecule has 2 unspecified atom stereocenters. The van der Waals surface area contributed by atoms with Gasteiger partial charge in [0.05, 0.1) is 10.0 Å². The number of likely N-dealkylation sites (tertiary alicyclic amines) is 1. The third-order valence-corrected chi connectivity index (χ3v) is 5.82. The molecule has 2 N–H and O–H groups in total. The molecule has 3 nitrogen and oxygen atoms in total. The van der Waals surface area contributed by atoms with Gasteiger partial charge in [0.25, 0.3) is 5.91 Å². The summed E-state index contributed by atoms with van der Waals surface area (Å²) in [7, 11) is 0. The summed E-state index contributed by atoms with van der Waals surface area (Å²) in [6.45, 7) is 7.83. The lowest BCUT2D eigenvalue weighted by atomic mass is 9.65. The highest BCUT2D eigenvalue weighted by Crippen LogP contribution is 2.52. The maximum Gasteiger partial charge on any atom is 0.255 e. The maximum absolute atomic E-state index is 13.0. The molecule has 0 aromatic heterocycles. The fourth-order valence-corrected chi connectivity index (χ4v) is 5.00. The van der Waals surface area contributed by atoms with E-state index in [1.165, 1.54) is 6.42 Å². The second-order valence-corrected chi connectivity index (χ2v) is 8.65. The first-order valence-electron chi connectivity index (χ1n) is 7.56. The molecule has 1 saturated carbocycles. The van der Waals surface area contributed by atoms with Crippen molar-refractivity contribution in [2.75, 3.05) is 12.3 Å². The molecular weight excluding hydrogens is 328 g/mol. The van der Waals surface area contributed by atoms with Crippen LogP contribution < -0.4 is 5.73 Å². The Labute approximate surface area is 135 Å². The number of hydrogen-bond donors (Lipinski definition) is 1. The number of nitrogen functional groups attached to an aromatic ring is 1. The molecule has 2 aliphatic rings. The van der Waals surface area contributed by atoms with Crippen LogP contribution in [0.5, 0.6) is 0 Å². The summed E-state index contributed by atoms with van der Waals surface area (Å²) in [5.41, 5.74) is 7.80. The average molecular weight is 351 g/mol. The van der Waals surface area contributed by atoms with E-state index < -0.39 is 0 Å². The maximum atomic E-state index is 13.0. The van der Waals surface area contributed by atoms with Crippen molar-refractivity contribution in [3.05, 3.63) is 28.2 Å². The van der Waals surface area contributed by atoms with Gasteiger partial charge in [0, 0.05) is 18.3 Å². The number of carbonyl (C=O) groups excluding carboxylic acids is 1. The average Bonchev–Trinajstić information content (AvgIpc) is 2.61. The minimum Gasteiger partial charge on any atom is -0.398 e. The quantitative estimate of drug-likeness (QED) is 0.775. The third kappa shape index (κ3) is 2.59. The SMILES string of the molecule is CC1(C)CC2CC(C)(CN2C(=O)c2cccc(N)c2Br)C1. The topological polar surface area (TPSA) is 46.3 Å². The van der Waals surface area contributed by atoms with E-state index in [-0.39, 0.29) is 11.3 Å². The van der Waals surface area contributed by atoms with Crippen LogP contribution in [-0.2, 0) is 0 Å². The van der Waals surface area contributed by atoms with Crippen LogP contribution in [0.3, 0.4) is 0 Å². The zero-order valence-electron chi connectivity index (χ0n) is 12.9. The molecule has 0 spiro atoms.